The number of unbranched alkanes of at least 4 members (excludes halogenated alkanes) is 1. The molecule has 0 atom stereocenters. The average molecular weight is 457 g/mol. The van der Waals surface area contributed by atoms with Crippen molar-refractivity contribution in [3.05, 3.63) is 64.1 Å². The van der Waals surface area contributed by atoms with Gasteiger partial charge in [-0.15, -0.1) is 0 Å². The van der Waals surface area contributed by atoms with Crippen LogP contribution >= 0.6 is 15.9 Å². The largest absolute Gasteiger partial charge is 0.482 e. The molecule has 0 heterocycles. The van der Waals surface area contributed by atoms with Crippen LogP contribution in [0.3, 0.4) is 0 Å². The Bertz CT molecular complexity index is 900. The van der Waals surface area contributed by atoms with Crippen LogP contribution in [0, 0.1) is 11.3 Å². The van der Waals surface area contributed by atoms with Crippen LogP contribution in [-0.2, 0) is 9.59 Å². The molecule has 0 spiro atoms. The van der Waals surface area contributed by atoms with Crippen LogP contribution in [0.2, 0.25) is 0 Å². The standard InChI is InChI=1S/C22H21BrN2O4/c1-2-3-12-25-22(27)17(14-24)13-16-4-8-20(9-5-16)29-21(26)15-28-19-10-6-18(23)7-11-19/h4-11,13H,2-3,12,15H2,1H3,(H,25,27)/b17-13+. The molecule has 2 rings (SSSR count). The van der Waals surface area contributed by atoms with Crippen molar-refractivity contribution in [3.8, 4) is 17.6 Å². The number of hydrogen-bond acceptors (Lipinski definition) is 5. The number of nitriles is 1. The maximum Gasteiger partial charge on any atom is 0.349 e. The smallest absolute Gasteiger partial charge is 0.349 e. The molecule has 1 amide bonds. The van der Waals surface area contributed by atoms with Crippen LogP contribution in [0.5, 0.6) is 11.5 Å². The SMILES string of the molecule is CCCCNC(=O)/C(C#N)=C/c1ccc(OC(=O)COc2ccc(Br)cc2)cc1. The third kappa shape index (κ3) is 7.80. The van der Waals surface area contributed by atoms with Crippen molar-refractivity contribution in [3.63, 3.8) is 0 Å². The van der Waals surface area contributed by atoms with E-state index in [0.29, 0.717) is 23.6 Å². The summed E-state index contributed by atoms with van der Waals surface area (Å²) in [5.74, 6) is -0.0323. The number of nitrogens with zero attached hydrogens (tertiary/aromatic N) is 1. The minimum atomic E-state index is -0.538. The summed E-state index contributed by atoms with van der Waals surface area (Å²) in [5.41, 5.74) is 0.673. The van der Waals surface area contributed by atoms with Crippen molar-refractivity contribution in [1.29, 1.82) is 5.26 Å². The zero-order valence-electron chi connectivity index (χ0n) is 16.0. The Morgan fingerprint density at radius 2 is 1.76 bits per heavy atom. The highest BCUT2D eigenvalue weighted by molar-refractivity contribution is 9.10. The molecule has 0 aliphatic heterocycles. The van der Waals surface area contributed by atoms with Crippen molar-refractivity contribution in [1.82, 2.24) is 5.32 Å². The van der Waals surface area contributed by atoms with Gasteiger partial charge in [0.1, 0.15) is 23.1 Å². The summed E-state index contributed by atoms with van der Waals surface area (Å²) in [6.07, 6.45) is 3.31. The first-order valence-electron chi connectivity index (χ1n) is 9.11. The van der Waals surface area contributed by atoms with E-state index in [9.17, 15) is 14.9 Å². The second kappa shape index (κ2) is 11.7. The number of benzene rings is 2. The van der Waals surface area contributed by atoms with E-state index in [2.05, 4.69) is 21.2 Å². The number of halogens is 1. The number of amides is 1. The van der Waals surface area contributed by atoms with Crippen LogP contribution in [0.4, 0.5) is 0 Å². The first kappa shape index (κ1) is 22.2. The van der Waals surface area contributed by atoms with Gasteiger partial charge in [0.25, 0.3) is 5.91 Å². The van der Waals surface area contributed by atoms with Gasteiger partial charge >= 0.3 is 5.97 Å². The predicted molar refractivity (Wildman–Crippen MR) is 113 cm³/mol. The van der Waals surface area contributed by atoms with E-state index in [-0.39, 0.29) is 12.2 Å². The van der Waals surface area contributed by atoms with Gasteiger partial charge in [0.05, 0.1) is 0 Å². The van der Waals surface area contributed by atoms with Crippen molar-refractivity contribution >= 4 is 33.9 Å². The molecule has 29 heavy (non-hydrogen) atoms. The van der Waals surface area contributed by atoms with E-state index in [1.54, 1.807) is 36.4 Å². The quantitative estimate of drug-likeness (QED) is 0.200. The van der Waals surface area contributed by atoms with Crippen LogP contribution in [-0.4, -0.2) is 25.0 Å². The van der Waals surface area contributed by atoms with E-state index >= 15 is 0 Å². The molecule has 0 aliphatic rings. The Kier molecular flexibility index (Phi) is 8.93. The maximum atomic E-state index is 12.0. The van der Waals surface area contributed by atoms with Crippen molar-refractivity contribution in [2.24, 2.45) is 0 Å². The molecular weight excluding hydrogens is 436 g/mol. The summed E-state index contributed by atoms with van der Waals surface area (Å²) in [5, 5.41) is 11.9. The number of esters is 1. The van der Waals surface area contributed by atoms with Gasteiger partial charge in [0, 0.05) is 11.0 Å². The third-order valence-electron chi connectivity index (χ3n) is 3.77. The fourth-order valence-corrected chi connectivity index (χ4v) is 2.52. The lowest BCUT2D eigenvalue weighted by Gasteiger charge is -2.07. The van der Waals surface area contributed by atoms with Gasteiger partial charge in [-0.05, 0) is 54.5 Å². The van der Waals surface area contributed by atoms with Gasteiger partial charge in [0.2, 0.25) is 0 Å². The number of hydrogen-bond donors (Lipinski definition) is 1. The third-order valence-corrected chi connectivity index (χ3v) is 4.30. The van der Waals surface area contributed by atoms with Gasteiger partial charge < -0.3 is 14.8 Å². The van der Waals surface area contributed by atoms with Gasteiger partial charge in [0.15, 0.2) is 6.61 Å². The fraction of sp³-hybridized carbons (Fsp3) is 0.227. The Morgan fingerprint density at radius 1 is 1.10 bits per heavy atom. The van der Waals surface area contributed by atoms with Crippen LogP contribution in [0.15, 0.2) is 58.6 Å². The van der Waals surface area contributed by atoms with E-state index in [1.165, 1.54) is 6.08 Å². The second-order valence-electron chi connectivity index (χ2n) is 6.06. The molecule has 2 aromatic carbocycles. The lowest BCUT2D eigenvalue weighted by Crippen LogP contribution is -2.25. The van der Waals surface area contributed by atoms with Crippen LogP contribution in [0.1, 0.15) is 25.3 Å². The predicted octanol–water partition coefficient (Wildman–Crippen LogP) is 4.26. The number of carbonyl (C=O) groups is 2. The molecule has 7 heteroatoms. The lowest BCUT2D eigenvalue weighted by molar-refractivity contribution is -0.136. The molecule has 1 N–H and O–H groups in total. The molecule has 0 aromatic heterocycles. The van der Waals surface area contributed by atoms with Crippen molar-refractivity contribution in [2.45, 2.75) is 19.8 Å². The highest BCUT2D eigenvalue weighted by Gasteiger charge is 2.09. The molecule has 0 aliphatic carbocycles. The van der Waals surface area contributed by atoms with E-state index < -0.39 is 11.9 Å². The highest BCUT2D eigenvalue weighted by atomic mass is 79.9. The monoisotopic (exact) mass is 456 g/mol. The zero-order valence-corrected chi connectivity index (χ0v) is 17.6. The van der Waals surface area contributed by atoms with Gasteiger partial charge in [-0.3, -0.25) is 4.79 Å². The summed E-state index contributed by atoms with van der Waals surface area (Å²) in [4.78, 5) is 23.9. The molecule has 2 aromatic rings. The first-order chi connectivity index (χ1) is 14.0. The fourth-order valence-electron chi connectivity index (χ4n) is 2.26. The van der Waals surface area contributed by atoms with E-state index in [1.807, 2.05) is 25.1 Å². The Morgan fingerprint density at radius 3 is 2.38 bits per heavy atom. The number of rotatable bonds is 9. The second-order valence-corrected chi connectivity index (χ2v) is 6.98. The average Bonchev–Trinajstić information content (AvgIpc) is 2.73. The molecule has 6 nitrogen and oxygen atoms in total. The summed E-state index contributed by atoms with van der Waals surface area (Å²) in [6.45, 7) is 2.33. The van der Waals surface area contributed by atoms with E-state index in [0.717, 1.165) is 17.3 Å². The molecule has 150 valence electrons. The molecule has 0 bridgehead atoms. The summed E-state index contributed by atoms with van der Waals surface area (Å²) in [7, 11) is 0. The van der Waals surface area contributed by atoms with Crippen molar-refractivity contribution < 1.29 is 19.1 Å². The minimum Gasteiger partial charge on any atom is -0.482 e. The Hall–Kier alpha value is -3.11. The number of carbonyl (C=O) groups excluding carboxylic acids is 2. The number of nitrogens with one attached hydrogen (secondary N) is 1. The van der Waals surface area contributed by atoms with Gasteiger partial charge in [-0.25, -0.2) is 4.79 Å². The Balaban J connectivity index is 1.89. The van der Waals surface area contributed by atoms with E-state index in [4.69, 9.17) is 9.47 Å². The molecule has 0 fully saturated rings. The van der Waals surface area contributed by atoms with Crippen LogP contribution in [0.25, 0.3) is 6.08 Å². The highest BCUT2D eigenvalue weighted by Crippen LogP contribution is 2.17. The normalized spacial score (nSPS) is 10.7. The summed E-state index contributed by atoms with van der Waals surface area (Å²) < 4.78 is 11.5. The molecule has 0 saturated carbocycles. The van der Waals surface area contributed by atoms with Gasteiger partial charge in [-0.2, -0.15) is 5.26 Å². The zero-order chi connectivity index (χ0) is 21.1. The topological polar surface area (TPSA) is 88.4 Å². The molecule has 0 unspecified atom stereocenters. The Labute approximate surface area is 178 Å². The maximum absolute atomic E-state index is 12.0. The molecular formula is C22H21BrN2O4. The molecule has 0 saturated heterocycles. The minimum absolute atomic E-state index is 0.0220. The summed E-state index contributed by atoms with van der Waals surface area (Å²) >= 11 is 3.33. The number of ether oxygens (including phenoxy) is 2. The first-order valence-corrected chi connectivity index (χ1v) is 9.90. The summed E-state index contributed by atoms with van der Waals surface area (Å²) in [6, 6.07) is 15.5. The molecule has 0 radical (unpaired) electrons. The lowest BCUT2D eigenvalue weighted by atomic mass is 10.1. The van der Waals surface area contributed by atoms with Gasteiger partial charge in [-0.1, -0.05) is 41.4 Å². The van der Waals surface area contributed by atoms with Crippen molar-refractivity contribution in [2.75, 3.05) is 13.2 Å². The van der Waals surface area contributed by atoms with Crippen LogP contribution < -0.4 is 14.8 Å².